The Labute approximate surface area is 170 Å². The molecule has 0 aliphatic carbocycles. The minimum atomic E-state index is -0.882. The number of likely N-dealkylation sites (N-methyl/N-ethyl adjacent to an activating group) is 1. The van der Waals surface area contributed by atoms with Crippen molar-refractivity contribution in [2.24, 2.45) is 0 Å². The number of carbonyl (C=O) groups excluding carboxylic acids is 2. The van der Waals surface area contributed by atoms with E-state index in [-0.39, 0.29) is 12.5 Å². The summed E-state index contributed by atoms with van der Waals surface area (Å²) in [7, 11) is 1.64. The average Bonchev–Trinajstić information content (AvgIpc) is 2.73. The normalized spacial score (nSPS) is 11.1. The molecule has 0 N–H and O–H groups in total. The lowest BCUT2D eigenvalue weighted by Crippen LogP contribution is -2.34. The van der Waals surface area contributed by atoms with Crippen LogP contribution >= 0.6 is 0 Å². The number of carbonyl (C=O) groups is 2. The second-order valence-corrected chi connectivity index (χ2v) is 6.33. The van der Waals surface area contributed by atoms with E-state index in [0.29, 0.717) is 24.5 Å². The highest BCUT2D eigenvalue weighted by Gasteiger charge is 2.19. The van der Waals surface area contributed by atoms with Crippen molar-refractivity contribution in [1.29, 1.82) is 5.26 Å². The quantitative estimate of drug-likeness (QED) is 0.606. The van der Waals surface area contributed by atoms with E-state index in [1.54, 1.807) is 31.3 Å². The first-order valence-corrected chi connectivity index (χ1v) is 9.22. The van der Waals surface area contributed by atoms with Gasteiger partial charge in [0.2, 0.25) is 0 Å². The van der Waals surface area contributed by atoms with Gasteiger partial charge in [0.15, 0.2) is 12.7 Å². The van der Waals surface area contributed by atoms with E-state index in [1.807, 2.05) is 37.3 Å². The number of benzene rings is 2. The molecule has 29 heavy (non-hydrogen) atoms. The van der Waals surface area contributed by atoms with Gasteiger partial charge in [-0.25, -0.2) is 4.79 Å². The Bertz CT molecular complexity index is 856. The molecule has 2 rings (SSSR count). The fraction of sp³-hybridized carbons (Fsp3) is 0.318. The Balaban J connectivity index is 1.78. The van der Waals surface area contributed by atoms with Gasteiger partial charge < -0.3 is 19.1 Å². The molecular formula is C22H24N2O5. The molecule has 0 aromatic heterocycles. The highest BCUT2D eigenvalue weighted by molar-refractivity contribution is 5.82. The smallest absolute Gasteiger partial charge is 0.347 e. The van der Waals surface area contributed by atoms with Crippen LogP contribution in [-0.2, 0) is 20.9 Å². The van der Waals surface area contributed by atoms with Crippen LogP contribution in [0.15, 0.2) is 48.5 Å². The summed E-state index contributed by atoms with van der Waals surface area (Å²) in [4.78, 5) is 25.8. The number of hydrogen-bond acceptors (Lipinski definition) is 6. The van der Waals surface area contributed by atoms with Gasteiger partial charge in [0.05, 0.1) is 18.2 Å². The van der Waals surface area contributed by atoms with Crippen LogP contribution in [0.5, 0.6) is 11.5 Å². The molecular weight excluding hydrogens is 372 g/mol. The molecule has 0 heterocycles. The third kappa shape index (κ3) is 6.85. The number of esters is 1. The van der Waals surface area contributed by atoms with E-state index < -0.39 is 12.1 Å². The van der Waals surface area contributed by atoms with Gasteiger partial charge in [-0.15, -0.1) is 0 Å². The zero-order chi connectivity index (χ0) is 21.2. The summed E-state index contributed by atoms with van der Waals surface area (Å²) in [6.07, 6.45) is -0.882. The summed E-state index contributed by atoms with van der Waals surface area (Å²) in [5.74, 6) is 0.248. The second-order valence-electron chi connectivity index (χ2n) is 6.33. The molecule has 0 aliphatic rings. The molecule has 0 saturated heterocycles. The van der Waals surface area contributed by atoms with Gasteiger partial charge in [-0.2, -0.15) is 5.26 Å². The standard InChI is InChI=1S/C22H24N2O5/c1-4-27-19-9-7-18(8-10-19)14-24(3)21(25)15-28-22(26)16(2)29-20-11-5-17(13-23)6-12-20/h5-12,16H,4,14-15H2,1-3H3/t16-/m1/s1. The Morgan fingerprint density at radius 3 is 2.28 bits per heavy atom. The molecule has 7 nitrogen and oxygen atoms in total. The summed E-state index contributed by atoms with van der Waals surface area (Å²) in [5, 5.41) is 8.79. The average molecular weight is 396 g/mol. The third-order valence-corrected chi connectivity index (χ3v) is 4.05. The molecule has 0 fully saturated rings. The van der Waals surface area contributed by atoms with Gasteiger partial charge in [0.1, 0.15) is 11.5 Å². The molecule has 0 saturated carbocycles. The van der Waals surface area contributed by atoms with Crippen LogP contribution in [-0.4, -0.2) is 43.1 Å². The van der Waals surface area contributed by atoms with E-state index in [4.69, 9.17) is 19.5 Å². The number of nitrogens with zero attached hydrogens (tertiary/aromatic N) is 2. The molecule has 2 aromatic carbocycles. The predicted molar refractivity (Wildman–Crippen MR) is 106 cm³/mol. The fourth-order valence-corrected chi connectivity index (χ4v) is 2.44. The molecule has 1 atom stereocenters. The molecule has 7 heteroatoms. The SMILES string of the molecule is CCOc1ccc(CN(C)C(=O)COC(=O)[C@@H](C)Oc2ccc(C#N)cc2)cc1. The monoisotopic (exact) mass is 396 g/mol. The Morgan fingerprint density at radius 2 is 1.69 bits per heavy atom. The van der Waals surface area contributed by atoms with Crippen molar-refractivity contribution in [3.8, 4) is 17.6 Å². The number of amides is 1. The summed E-state index contributed by atoms with van der Waals surface area (Å²) in [5.41, 5.74) is 1.43. The number of nitriles is 1. The molecule has 0 aliphatic heterocycles. The van der Waals surface area contributed by atoms with Gasteiger partial charge in [-0.05, 0) is 55.8 Å². The van der Waals surface area contributed by atoms with Gasteiger partial charge in [-0.1, -0.05) is 12.1 Å². The van der Waals surface area contributed by atoms with Crippen LogP contribution in [0.4, 0.5) is 0 Å². The van der Waals surface area contributed by atoms with Gasteiger partial charge >= 0.3 is 5.97 Å². The molecule has 2 aromatic rings. The van der Waals surface area contributed by atoms with Gasteiger partial charge in [0, 0.05) is 13.6 Å². The summed E-state index contributed by atoms with van der Waals surface area (Å²) in [6, 6.07) is 15.8. The summed E-state index contributed by atoms with van der Waals surface area (Å²) < 4.78 is 15.9. The fourth-order valence-electron chi connectivity index (χ4n) is 2.44. The lowest BCUT2D eigenvalue weighted by Gasteiger charge is -2.18. The van der Waals surface area contributed by atoms with Gasteiger partial charge in [-0.3, -0.25) is 4.79 Å². The minimum Gasteiger partial charge on any atom is -0.494 e. The zero-order valence-electron chi connectivity index (χ0n) is 16.8. The topological polar surface area (TPSA) is 88.9 Å². The van der Waals surface area contributed by atoms with Crippen LogP contribution < -0.4 is 9.47 Å². The second kappa shape index (κ2) is 10.7. The maximum absolute atomic E-state index is 12.2. The van der Waals surface area contributed by atoms with Crippen molar-refractivity contribution >= 4 is 11.9 Å². The molecule has 0 unspecified atom stereocenters. The Morgan fingerprint density at radius 1 is 1.07 bits per heavy atom. The van der Waals surface area contributed by atoms with Crippen LogP contribution in [0.2, 0.25) is 0 Å². The van der Waals surface area contributed by atoms with Crippen molar-refractivity contribution in [2.45, 2.75) is 26.5 Å². The van der Waals surface area contributed by atoms with Gasteiger partial charge in [0.25, 0.3) is 5.91 Å². The highest BCUT2D eigenvalue weighted by atomic mass is 16.6. The Hall–Kier alpha value is -3.53. The van der Waals surface area contributed by atoms with Crippen molar-refractivity contribution in [1.82, 2.24) is 4.90 Å². The molecule has 1 amide bonds. The Kier molecular flexibility index (Phi) is 8.04. The highest BCUT2D eigenvalue weighted by Crippen LogP contribution is 2.15. The van der Waals surface area contributed by atoms with Crippen LogP contribution in [0.1, 0.15) is 25.0 Å². The molecule has 0 bridgehead atoms. The van der Waals surface area contributed by atoms with E-state index >= 15 is 0 Å². The maximum Gasteiger partial charge on any atom is 0.347 e. The third-order valence-electron chi connectivity index (χ3n) is 4.05. The maximum atomic E-state index is 12.2. The first kappa shape index (κ1) is 21.8. The first-order chi connectivity index (χ1) is 13.9. The van der Waals surface area contributed by atoms with Crippen molar-refractivity contribution < 1.29 is 23.8 Å². The largest absolute Gasteiger partial charge is 0.494 e. The van der Waals surface area contributed by atoms with Crippen molar-refractivity contribution in [3.63, 3.8) is 0 Å². The summed E-state index contributed by atoms with van der Waals surface area (Å²) in [6.45, 7) is 4.07. The molecule has 0 radical (unpaired) electrons. The molecule has 152 valence electrons. The van der Waals surface area contributed by atoms with Crippen LogP contribution in [0.25, 0.3) is 0 Å². The molecule has 0 spiro atoms. The number of ether oxygens (including phenoxy) is 3. The van der Waals surface area contributed by atoms with Crippen LogP contribution in [0, 0.1) is 11.3 Å². The van der Waals surface area contributed by atoms with E-state index in [0.717, 1.165) is 11.3 Å². The van der Waals surface area contributed by atoms with E-state index in [1.165, 1.54) is 11.8 Å². The predicted octanol–water partition coefficient (Wildman–Crippen LogP) is 2.93. The van der Waals surface area contributed by atoms with Crippen molar-refractivity contribution in [2.75, 3.05) is 20.3 Å². The number of rotatable bonds is 9. The lowest BCUT2D eigenvalue weighted by atomic mass is 10.2. The van der Waals surface area contributed by atoms with E-state index in [9.17, 15) is 9.59 Å². The first-order valence-electron chi connectivity index (χ1n) is 9.22. The summed E-state index contributed by atoms with van der Waals surface area (Å²) >= 11 is 0. The lowest BCUT2D eigenvalue weighted by molar-refractivity contribution is -0.157. The minimum absolute atomic E-state index is 0.321. The van der Waals surface area contributed by atoms with Crippen molar-refractivity contribution in [3.05, 3.63) is 59.7 Å². The zero-order valence-corrected chi connectivity index (χ0v) is 16.8. The van der Waals surface area contributed by atoms with E-state index in [2.05, 4.69) is 0 Å². The number of hydrogen-bond donors (Lipinski definition) is 0. The van der Waals surface area contributed by atoms with Crippen LogP contribution in [0.3, 0.4) is 0 Å².